The van der Waals surface area contributed by atoms with E-state index in [1.165, 1.54) is 0 Å². The SMILES string of the molecule is FC(F)(F)C1CNC(Cc2ccccc2)CO1. The summed E-state index contributed by atoms with van der Waals surface area (Å²) in [5, 5.41) is 2.88. The first-order chi connectivity index (χ1) is 8.05. The van der Waals surface area contributed by atoms with E-state index < -0.39 is 12.3 Å². The minimum Gasteiger partial charge on any atom is -0.366 e. The normalized spacial score (nSPS) is 25.8. The Balaban J connectivity index is 1.84. The number of rotatable bonds is 2. The summed E-state index contributed by atoms with van der Waals surface area (Å²) in [7, 11) is 0. The van der Waals surface area contributed by atoms with Crippen LogP contribution in [0.5, 0.6) is 0 Å². The van der Waals surface area contributed by atoms with Gasteiger partial charge in [0.25, 0.3) is 0 Å². The van der Waals surface area contributed by atoms with Crippen molar-refractivity contribution in [2.24, 2.45) is 0 Å². The summed E-state index contributed by atoms with van der Waals surface area (Å²) in [4.78, 5) is 0. The third-order valence-corrected chi connectivity index (χ3v) is 2.78. The van der Waals surface area contributed by atoms with Crippen LogP contribution < -0.4 is 5.32 Å². The first-order valence-corrected chi connectivity index (χ1v) is 5.51. The zero-order valence-electron chi connectivity index (χ0n) is 9.20. The molecule has 2 rings (SSSR count). The van der Waals surface area contributed by atoms with Crippen molar-refractivity contribution in [2.45, 2.75) is 24.7 Å². The summed E-state index contributed by atoms with van der Waals surface area (Å²) in [5.41, 5.74) is 1.10. The first kappa shape index (κ1) is 12.4. The lowest BCUT2D eigenvalue weighted by Crippen LogP contribution is -2.52. The maximum Gasteiger partial charge on any atom is 0.415 e. The van der Waals surface area contributed by atoms with Gasteiger partial charge >= 0.3 is 6.18 Å². The monoisotopic (exact) mass is 245 g/mol. The Morgan fingerprint density at radius 1 is 1.24 bits per heavy atom. The molecule has 0 saturated carbocycles. The van der Waals surface area contributed by atoms with E-state index in [0.29, 0.717) is 6.42 Å². The molecule has 1 heterocycles. The molecule has 0 amide bonds. The lowest BCUT2D eigenvalue weighted by molar-refractivity contribution is -0.228. The van der Waals surface area contributed by atoms with Crippen molar-refractivity contribution in [2.75, 3.05) is 13.2 Å². The molecule has 0 aliphatic carbocycles. The molecule has 5 heteroatoms. The molecule has 1 aliphatic rings. The lowest BCUT2D eigenvalue weighted by Gasteiger charge is -2.31. The molecular formula is C12H14F3NO. The van der Waals surface area contributed by atoms with E-state index in [2.05, 4.69) is 5.32 Å². The Labute approximate surface area is 97.8 Å². The van der Waals surface area contributed by atoms with Gasteiger partial charge in [-0.3, -0.25) is 0 Å². The number of halogens is 3. The summed E-state index contributed by atoms with van der Waals surface area (Å²) in [5.74, 6) is 0. The van der Waals surface area contributed by atoms with Crippen LogP contribution in [0.25, 0.3) is 0 Å². The predicted octanol–water partition coefficient (Wildman–Crippen LogP) is 2.15. The fraction of sp³-hybridized carbons (Fsp3) is 0.500. The van der Waals surface area contributed by atoms with Gasteiger partial charge in [-0.25, -0.2) is 0 Å². The molecule has 2 nitrogen and oxygen atoms in total. The van der Waals surface area contributed by atoms with Crippen LogP contribution in [-0.4, -0.2) is 31.5 Å². The summed E-state index contributed by atoms with van der Waals surface area (Å²) in [6.45, 7) is -0.0694. The van der Waals surface area contributed by atoms with Gasteiger partial charge in [-0.15, -0.1) is 0 Å². The average molecular weight is 245 g/mol. The maximum atomic E-state index is 12.3. The van der Waals surface area contributed by atoms with Gasteiger partial charge < -0.3 is 10.1 Å². The van der Waals surface area contributed by atoms with E-state index in [9.17, 15) is 13.2 Å². The molecule has 2 atom stereocenters. The van der Waals surface area contributed by atoms with Crippen LogP contribution in [-0.2, 0) is 11.2 Å². The van der Waals surface area contributed by atoms with Crippen LogP contribution in [0.3, 0.4) is 0 Å². The first-order valence-electron chi connectivity index (χ1n) is 5.51. The minimum absolute atomic E-state index is 0.0454. The van der Waals surface area contributed by atoms with Gasteiger partial charge in [0, 0.05) is 12.6 Å². The quantitative estimate of drug-likeness (QED) is 0.862. The summed E-state index contributed by atoms with van der Waals surface area (Å²) < 4.78 is 41.8. The van der Waals surface area contributed by atoms with Crippen LogP contribution in [0, 0.1) is 0 Å². The fourth-order valence-electron chi connectivity index (χ4n) is 1.86. The van der Waals surface area contributed by atoms with Crippen molar-refractivity contribution in [1.82, 2.24) is 5.32 Å². The minimum atomic E-state index is -4.27. The largest absolute Gasteiger partial charge is 0.415 e. The number of benzene rings is 1. The van der Waals surface area contributed by atoms with Crippen molar-refractivity contribution < 1.29 is 17.9 Å². The number of alkyl halides is 3. The maximum absolute atomic E-state index is 12.3. The van der Waals surface area contributed by atoms with E-state index in [1.807, 2.05) is 30.3 Å². The van der Waals surface area contributed by atoms with E-state index in [4.69, 9.17) is 4.74 Å². The highest BCUT2D eigenvalue weighted by atomic mass is 19.4. The second kappa shape index (κ2) is 5.06. The Morgan fingerprint density at radius 3 is 2.47 bits per heavy atom. The standard InChI is InChI=1S/C12H14F3NO/c13-12(14,15)11-7-16-10(8-17-11)6-9-4-2-1-3-5-9/h1-5,10-11,16H,6-8H2. The Morgan fingerprint density at radius 2 is 1.94 bits per heavy atom. The zero-order valence-corrected chi connectivity index (χ0v) is 9.20. The van der Waals surface area contributed by atoms with E-state index >= 15 is 0 Å². The number of ether oxygens (including phenoxy) is 1. The molecule has 0 radical (unpaired) electrons. The Hall–Kier alpha value is -1.07. The molecular weight excluding hydrogens is 231 g/mol. The molecule has 1 aromatic carbocycles. The Bertz CT molecular complexity index is 345. The second-order valence-electron chi connectivity index (χ2n) is 4.16. The van der Waals surface area contributed by atoms with Gasteiger partial charge in [0.05, 0.1) is 6.61 Å². The van der Waals surface area contributed by atoms with Crippen molar-refractivity contribution in [3.8, 4) is 0 Å². The van der Waals surface area contributed by atoms with E-state index in [0.717, 1.165) is 5.56 Å². The Kier molecular flexibility index (Phi) is 3.69. The summed E-state index contributed by atoms with van der Waals surface area (Å²) in [6.07, 6.45) is -5.26. The highest BCUT2D eigenvalue weighted by molar-refractivity contribution is 5.16. The third-order valence-electron chi connectivity index (χ3n) is 2.78. The van der Waals surface area contributed by atoms with E-state index in [-0.39, 0.29) is 19.2 Å². The topological polar surface area (TPSA) is 21.3 Å². The van der Waals surface area contributed by atoms with Crippen molar-refractivity contribution in [3.63, 3.8) is 0 Å². The van der Waals surface area contributed by atoms with Crippen LogP contribution in [0.15, 0.2) is 30.3 Å². The van der Waals surface area contributed by atoms with Gasteiger partial charge in [-0.05, 0) is 12.0 Å². The van der Waals surface area contributed by atoms with Crippen molar-refractivity contribution in [1.29, 1.82) is 0 Å². The molecule has 1 saturated heterocycles. The number of morpholine rings is 1. The predicted molar refractivity (Wildman–Crippen MR) is 57.7 cm³/mol. The highest BCUT2D eigenvalue weighted by Gasteiger charge is 2.42. The average Bonchev–Trinajstić information content (AvgIpc) is 2.30. The number of hydrogen-bond donors (Lipinski definition) is 1. The smallest absolute Gasteiger partial charge is 0.366 e. The molecule has 17 heavy (non-hydrogen) atoms. The van der Waals surface area contributed by atoms with E-state index in [1.54, 1.807) is 0 Å². The molecule has 0 bridgehead atoms. The number of hydrogen-bond acceptors (Lipinski definition) is 2. The van der Waals surface area contributed by atoms with Crippen LogP contribution >= 0.6 is 0 Å². The molecule has 1 aliphatic heterocycles. The fourth-order valence-corrected chi connectivity index (χ4v) is 1.86. The lowest BCUT2D eigenvalue weighted by atomic mass is 10.1. The molecule has 1 fully saturated rings. The van der Waals surface area contributed by atoms with Crippen molar-refractivity contribution in [3.05, 3.63) is 35.9 Å². The molecule has 2 unspecified atom stereocenters. The zero-order chi connectivity index (χ0) is 12.3. The van der Waals surface area contributed by atoms with Gasteiger partial charge in [-0.2, -0.15) is 13.2 Å². The second-order valence-corrected chi connectivity index (χ2v) is 4.16. The third kappa shape index (κ3) is 3.44. The molecule has 94 valence electrons. The molecule has 0 aromatic heterocycles. The van der Waals surface area contributed by atoms with Crippen LogP contribution in [0.1, 0.15) is 5.56 Å². The summed E-state index contributed by atoms with van der Waals surface area (Å²) in [6, 6.07) is 9.61. The van der Waals surface area contributed by atoms with Gasteiger partial charge in [0.15, 0.2) is 6.10 Å². The van der Waals surface area contributed by atoms with Gasteiger partial charge in [0.1, 0.15) is 0 Å². The van der Waals surface area contributed by atoms with Crippen LogP contribution in [0.4, 0.5) is 13.2 Å². The summed E-state index contributed by atoms with van der Waals surface area (Å²) >= 11 is 0. The highest BCUT2D eigenvalue weighted by Crippen LogP contribution is 2.24. The van der Waals surface area contributed by atoms with Crippen LogP contribution in [0.2, 0.25) is 0 Å². The molecule has 1 N–H and O–H groups in total. The molecule has 0 spiro atoms. The molecule has 1 aromatic rings. The van der Waals surface area contributed by atoms with Gasteiger partial charge in [0.2, 0.25) is 0 Å². The number of nitrogens with one attached hydrogen (secondary N) is 1. The van der Waals surface area contributed by atoms with Gasteiger partial charge in [-0.1, -0.05) is 30.3 Å². The van der Waals surface area contributed by atoms with Crippen molar-refractivity contribution >= 4 is 0 Å².